The summed E-state index contributed by atoms with van der Waals surface area (Å²) in [4.78, 5) is 11.0. The van der Waals surface area contributed by atoms with E-state index in [1.54, 1.807) is 18.2 Å². The van der Waals surface area contributed by atoms with Crippen LogP contribution in [0.15, 0.2) is 60.2 Å². The van der Waals surface area contributed by atoms with E-state index in [1.165, 1.54) is 0 Å². The molecule has 0 aliphatic rings. The minimum Gasteiger partial charge on any atom is -0.297 e. The van der Waals surface area contributed by atoms with Gasteiger partial charge in [-0.15, -0.1) is 0 Å². The maximum Gasteiger partial charge on any atom is 0.158 e. The Morgan fingerprint density at radius 1 is 1.00 bits per heavy atom. The van der Waals surface area contributed by atoms with Gasteiger partial charge >= 0.3 is 0 Å². The monoisotopic (exact) mass is 266 g/mol. The summed E-state index contributed by atoms with van der Waals surface area (Å²) in [5.41, 5.74) is 2.22. The molecule has 0 aromatic heterocycles. The summed E-state index contributed by atoms with van der Waals surface area (Å²) in [7, 11) is 0. The molecule has 0 spiro atoms. The first-order chi connectivity index (χ1) is 9.28. The molecule has 0 unspecified atom stereocenters. The van der Waals surface area contributed by atoms with Crippen LogP contribution >= 0.6 is 11.6 Å². The molecular formula is C17H11ClO. The molecule has 0 saturated heterocycles. The number of carbonyl (C=O) groups excluding carboxylic acids is 1. The number of carbonyl (C=O) groups is 1. The highest BCUT2D eigenvalue weighted by molar-refractivity contribution is 6.30. The van der Waals surface area contributed by atoms with E-state index in [2.05, 4.69) is 11.8 Å². The van der Waals surface area contributed by atoms with Crippen molar-refractivity contribution in [2.75, 3.05) is 0 Å². The number of hydrogen-bond acceptors (Lipinski definition) is 1. The largest absolute Gasteiger partial charge is 0.297 e. The summed E-state index contributed by atoms with van der Waals surface area (Å²) in [5.74, 6) is 5.79. The first-order valence-electron chi connectivity index (χ1n) is 5.77. The zero-order valence-corrected chi connectivity index (χ0v) is 10.9. The molecule has 2 aromatic carbocycles. The minimum absolute atomic E-state index is 0.446. The van der Waals surface area contributed by atoms with Gasteiger partial charge < -0.3 is 0 Å². The second-order valence-electron chi connectivity index (χ2n) is 3.89. The lowest BCUT2D eigenvalue weighted by molar-refractivity contribution is -0.104. The van der Waals surface area contributed by atoms with E-state index in [4.69, 9.17) is 11.6 Å². The van der Waals surface area contributed by atoms with Gasteiger partial charge in [-0.2, -0.15) is 0 Å². The number of rotatable bonds is 2. The van der Waals surface area contributed by atoms with Gasteiger partial charge in [-0.3, -0.25) is 4.79 Å². The van der Waals surface area contributed by atoms with Crippen molar-refractivity contribution in [3.8, 4) is 11.8 Å². The van der Waals surface area contributed by atoms with E-state index >= 15 is 0 Å². The van der Waals surface area contributed by atoms with Gasteiger partial charge in [0, 0.05) is 10.6 Å². The fourth-order valence-corrected chi connectivity index (χ4v) is 1.63. The van der Waals surface area contributed by atoms with Crippen LogP contribution in [0.25, 0.3) is 6.08 Å². The number of allylic oxidation sites excluding steroid dienone is 1. The SMILES string of the molecule is O=C/C(C#Cc1ccc(Cl)cc1)=C/c1ccccc1. The average Bonchev–Trinajstić information content (AvgIpc) is 2.46. The fraction of sp³-hybridized carbons (Fsp3) is 0. The van der Waals surface area contributed by atoms with Crippen LogP contribution in [0.1, 0.15) is 11.1 Å². The number of aldehydes is 1. The lowest BCUT2D eigenvalue weighted by atomic mass is 10.1. The van der Waals surface area contributed by atoms with Crippen LogP contribution in [0, 0.1) is 11.8 Å². The van der Waals surface area contributed by atoms with Crippen molar-refractivity contribution in [3.63, 3.8) is 0 Å². The van der Waals surface area contributed by atoms with Crippen LogP contribution in [0.2, 0.25) is 5.02 Å². The van der Waals surface area contributed by atoms with E-state index in [0.29, 0.717) is 10.6 Å². The lowest BCUT2D eigenvalue weighted by Crippen LogP contribution is -1.81. The smallest absolute Gasteiger partial charge is 0.158 e. The topological polar surface area (TPSA) is 17.1 Å². The Morgan fingerprint density at radius 3 is 2.32 bits per heavy atom. The zero-order valence-electron chi connectivity index (χ0n) is 10.1. The Kier molecular flexibility index (Phi) is 4.55. The first-order valence-corrected chi connectivity index (χ1v) is 6.15. The molecule has 0 atom stereocenters. The molecule has 92 valence electrons. The van der Waals surface area contributed by atoms with Gasteiger partial charge in [0.15, 0.2) is 6.29 Å². The molecular weight excluding hydrogens is 256 g/mol. The van der Waals surface area contributed by atoms with Gasteiger partial charge in [-0.25, -0.2) is 0 Å². The summed E-state index contributed by atoms with van der Waals surface area (Å²) in [6.07, 6.45) is 2.52. The second-order valence-corrected chi connectivity index (χ2v) is 4.32. The van der Waals surface area contributed by atoms with Crippen LogP contribution in [0.5, 0.6) is 0 Å². The predicted octanol–water partition coefficient (Wildman–Crippen LogP) is 3.97. The summed E-state index contributed by atoms with van der Waals surface area (Å²) < 4.78 is 0. The molecule has 0 amide bonds. The van der Waals surface area contributed by atoms with Crippen molar-refractivity contribution in [1.82, 2.24) is 0 Å². The van der Waals surface area contributed by atoms with Crippen molar-refractivity contribution in [3.05, 3.63) is 76.3 Å². The van der Waals surface area contributed by atoms with Crippen LogP contribution in [-0.4, -0.2) is 6.29 Å². The average molecular weight is 267 g/mol. The van der Waals surface area contributed by atoms with Crippen LogP contribution in [0.3, 0.4) is 0 Å². The van der Waals surface area contributed by atoms with Crippen LogP contribution in [-0.2, 0) is 4.79 Å². The summed E-state index contributed by atoms with van der Waals surface area (Å²) in [6, 6.07) is 16.8. The molecule has 0 N–H and O–H groups in total. The molecule has 2 heteroatoms. The van der Waals surface area contributed by atoms with Crippen molar-refractivity contribution >= 4 is 24.0 Å². The summed E-state index contributed by atoms with van der Waals surface area (Å²) in [5, 5.41) is 0.668. The van der Waals surface area contributed by atoms with E-state index in [-0.39, 0.29) is 0 Å². The normalized spacial score (nSPS) is 10.5. The van der Waals surface area contributed by atoms with Gasteiger partial charge in [0.2, 0.25) is 0 Å². The zero-order chi connectivity index (χ0) is 13.5. The lowest BCUT2D eigenvalue weighted by Gasteiger charge is -1.92. The van der Waals surface area contributed by atoms with E-state index in [9.17, 15) is 4.79 Å². The summed E-state index contributed by atoms with van der Waals surface area (Å²) in [6.45, 7) is 0. The Labute approximate surface area is 117 Å². The Bertz CT molecular complexity index is 643. The Balaban J connectivity index is 2.23. The highest BCUT2D eigenvalue weighted by Crippen LogP contribution is 2.09. The van der Waals surface area contributed by atoms with E-state index in [1.807, 2.05) is 42.5 Å². The van der Waals surface area contributed by atoms with Gasteiger partial charge in [0.25, 0.3) is 0 Å². The highest BCUT2D eigenvalue weighted by atomic mass is 35.5. The van der Waals surface area contributed by atoms with Crippen molar-refractivity contribution in [2.24, 2.45) is 0 Å². The van der Waals surface area contributed by atoms with Crippen LogP contribution < -0.4 is 0 Å². The Hall–Kier alpha value is -2.30. The van der Waals surface area contributed by atoms with Gasteiger partial charge in [0.05, 0.1) is 5.57 Å². The Morgan fingerprint density at radius 2 is 1.68 bits per heavy atom. The molecule has 0 radical (unpaired) electrons. The van der Waals surface area contributed by atoms with E-state index < -0.39 is 0 Å². The molecule has 1 nitrogen and oxygen atoms in total. The third kappa shape index (κ3) is 4.13. The number of hydrogen-bond donors (Lipinski definition) is 0. The maximum absolute atomic E-state index is 11.0. The molecule has 0 fully saturated rings. The predicted molar refractivity (Wildman–Crippen MR) is 78.8 cm³/mol. The molecule has 19 heavy (non-hydrogen) atoms. The second kappa shape index (κ2) is 6.58. The standard InChI is InChI=1S/C17H11ClO/c18-17-10-8-14(9-11-17)6-7-16(13-19)12-15-4-2-1-3-5-15/h1-5,8-13H/b16-12+. The molecule has 0 aliphatic carbocycles. The van der Waals surface area contributed by atoms with Crippen molar-refractivity contribution < 1.29 is 4.79 Å². The molecule has 2 rings (SSSR count). The van der Waals surface area contributed by atoms with Gasteiger partial charge in [-0.05, 0) is 35.9 Å². The van der Waals surface area contributed by atoms with E-state index in [0.717, 1.165) is 17.4 Å². The third-order valence-electron chi connectivity index (χ3n) is 2.44. The van der Waals surface area contributed by atoms with Gasteiger partial charge in [0.1, 0.15) is 0 Å². The minimum atomic E-state index is 0.446. The maximum atomic E-state index is 11.0. The first kappa shape index (κ1) is 13.1. The molecule has 0 aliphatic heterocycles. The molecule has 0 heterocycles. The van der Waals surface area contributed by atoms with Gasteiger partial charge in [-0.1, -0.05) is 53.8 Å². The molecule has 0 bridgehead atoms. The summed E-state index contributed by atoms with van der Waals surface area (Å²) >= 11 is 5.79. The fourth-order valence-electron chi connectivity index (χ4n) is 1.51. The quantitative estimate of drug-likeness (QED) is 0.457. The molecule has 2 aromatic rings. The van der Waals surface area contributed by atoms with Crippen molar-refractivity contribution in [2.45, 2.75) is 0 Å². The highest BCUT2D eigenvalue weighted by Gasteiger charge is 1.92. The number of benzene rings is 2. The number of halogens is 1. The molecule has 0 saturated carbocycles. The van der Waals surface area contributed by atoms with Crippen LogP contribution in [0.4, 0.5) is 0 Å². The third-order valence-corrected chi connectivity index (χ3v) is 2.70. The van der Waals surface area contributed by atoms with Crippen molar-refractivity contribution in [1.29, 1.82) is 0 Å².